The molecule has 0 saturated carbocycles. The van der Waals surface area contributed by atoms with Crippen molar-refractivity contribution < 1.29 is 13.2 Å². The molecule has 1 amide bonds. The highest BCUT2D eigenvalue weighted by molar-refractivity contribution is 7.89. The van der Waals surface area contributed by atoms with Crippen LogP contribution in [0.2, 0.25) is 0 Å². The van der Waals surface area contributed by atoms with Crippen LogP contribution in [0, 0.1) is 0 Å². The molecule has 6 heteroatoms. The molecule has 24 heavy (non-hydrogen) atoms. The topological polar surface area (TPSA) is 57.7 Å². The molecule has 0 N–H and O–H groups in total. The predicted molar refractivity (Wildman–Crippen MR) is 94.6 cm³/mol. The molecule has 2 aliphatic heterocycles. The molecule has 0 aromatic heterocycles. The number of benzene rings is 1. The minimum Gasteiger partial charge on any atom is -0.312 e. The standard InChI is InChI=1S/C18H26N2O3S/c1-3-16-8-4-5-12-20(16)24(22,23)17-9-10-18-15(13-17)7-6-11-19(18)14(2)21/h9-10,13,16H,3-8,11-12H2,1-2H3/t16-/m0/s1. The third-order valence-corrected chi connectivity index (χ3v) is 7.15. The highest BCUT2D eigenvalue weighted by atomic mass is 32.2. The number of hydrogen-bond donors (Lipinski definition) is 0. The summed E-state index contributed by atoms with van der Waals surface area (Å²) in [6.45, 7) is 4.92. The van der Waals surface area contributed by atoms with Crippen molar-refractivity contribution in [2.75, 3.05) is 18.0 Å². The number of anilines is 1. The largest absolute Gasteiger partial charge is 0.312 e. The first-order valence-corrected chi connectivity index (χ1v) is 10.3. The molecule has 0 spiro atoms. The number of piperidine rings is 1. The van der Waals surface area contributed by atoms with E-state index in [9.17, 15) is 13.2 Å². The summed E-state index contributed by atoms with van der Waals surface area (Å²) in [6.07, 6.45) is 5.51. The van der Waals surface area contributed by atoms with Gasteiger partial charge in [0, 0.05) is 31.7 Å². The van der Waals surface area contributed by atoms with Crippen LogP contribution in [-0.2, 0) is 21.2 Å². The highest BCUT2D eigenvalue weighted by Gasteiger charge is 2.33. The monoisotopic (exact) mass is 350 g/mol. The number of sulfonamides is 1. The first-order valence-electron chi connectivity index (χ1n) is 8.88. The molecule has 0 aliphatic carbocycles. The molecule has 2 aliphatic rings. The third-order valence-electron chi connectivity index (χ3n) is 5.20. The van der Waals surface area contributed by atoms with Crippen molar-refractivity contribution in [2.24, 2.45) is 0 Å². The Bertz CT molecular complexity index is 730. The molecule has 132 valence electrons. The van der Waals surface area contributed by atoms with Crippen LogP contribution in [0.4, 0.5) is 5.69 Å². The number of amides is 1. The fraction of sp³-hybridized carbons (Fsp3) is 0.611. The first-order chi connectivity index (χ1) is 11.4. The molecule has 2 heterocycles. The molecular weight excluding hydrogens is 324 g/mol. The minimum absolute atomic E-state index is 0.00800. The summed E-state index contributed by atoms with van der Waals surface area (Å²) >= 11 is 0. The summed E-state index contributed by atoms with van der Waals surface area (Å²) in [6, 6.07) is 5.35. The van der Waals surface area contributed by atoms with Gasteiger partial charge in [0.05, 0.1) is 4.90 Å². The second-order valence-electron chi connectivity index (χ2n) is 6.74. The van der Waals surface area contributed by atoms with Gasteiger partial charge >= 0.3 is 0 Å². The summed E-state index contributed by atoms with van der Waals surface area (Å²) in [5, 5.41) is 0. The molecular formula is C18H26N2O3S. The number of aryl methyl sites for hydroxylation is 1. The Hall–Kier alpha value is -1.40. The SMILES string of the molecule is CC[C@H]1CCCCN1S(=O)(=O)c1ccc2c(c1)CCCN2C(C)=O. The Kier molecular flexibility index (Phi) is 4.97. The van der Waals surface area contributed by atoms with E-state index in [0.29, 0.717) is 18.0 Å². The first kappa shape index (κ1) is 17.4. The van der Waals surface area contributed by atoms with E-state index >= 15 is 0 Å². The van der Waals surface area contributed by atoms with E-state index in [-0.39, 0.29) is 11.9 Å². The third kappa shape index (κ3) is 3.09. The average Bonchev–Trinajstić information content (AvgIpc) is 2.60. The summed E-state index contributed by atoms with van der Waals surface area (Å²) in [4.78, 5) is 13.9. The molecule has 1 aromatic carbocycles. The van der Waals surface area contributed by atoms with Crippen LogP contribution >= 0.6 is 0 Å². The quantitative estimate of drug-likeness (QED) is 0.842. The van der Waals surface area contributed by atoms with Crippen molar-refractivity contribution in [3.63, 3.8) is 0 Å². The van der Waals surface area contributed by atoms with Crippen LogP contribution < -0.4 is 4.90 Å². The Morgan fingerprint density at radius 1 is 1.21 bits per heavy atom. The molecule has 5 nitrogen and oxygen atoms in total. The number of carbonyl (C=O) groups is 1. The van der Waals surface area contributed by atoms with Crippen molar-refractivity contribution in [3.05, 3.63) is 23.8 Å². The van der Waals surface area contributed by atoms with Gasteiger partial charge < -0.3 is 4.90 Å². The van der Waals surface area contributed by atoms with E-state index in [1.165, 1.54) is 0 Å². The maximum absolute atomic E-state index is 13.1. The second-order valence-corrected chi connectivity index (χ2v) is 8.63. The number of carbonyl (C=O) groups excluding carboxylic acids is 1. The van der Waals surface area contributed by atoms with Crippen molar-refractivity contribution in [1.82, 2.24) is 4.31 Å². The highest BCUT2D eigenvalue weighted by Crippen LogP contribution is 2.32. The average molecular weight is 350 g/mol. The van der Waals surface area contributed by atoms with Crippen LogP contribution in [0.1, 0.15) is 51.5 Å². The summed E-state index contributed by atoms with van der Waals surface area (Å²) in [5.41, 5.74) is 1.82. The number of fused-ring (bicyclic) bond motifs is 1. The Balaban J connectivity index is 1.96. The predicted octanol–water partition coefficient (Wildman–Crippen LogP) is 2.94. The van der Waals surface area contributed by atoms with Gasteiger partial charge in [-0.25, -0.2) is 8.42 Å². The van der Waals surface area contributed by atoms with Crippen LogP contribution in [0.5, 0.6) is 0 Å². The molecule has 1 aromatic rings. The van der Waals surface area contributed by atoms with Crippen LogP contribution in [0.3, 0.4) is 0 Å². The Morgan fingerprint density at radius 3 is 2.71 bits per heavy atom. The summed E-state index contributed by atoms with van der Waals surface area (Å²) < 4.78 is 27.9. The lowest BCUT2D eigenvalue weighted by Gasteiger charge is -2.34. The van der Waals surface area contributed by atoms with E-state index in [0.717, 1.165) is 49.8 Å². The van der Waals surface area contributed by atoms with Gasteiger partial charge in [-0.3, -0.25) is 4.79 Å². The summed E-state index contributed by atoms with van der Waals surface area (Å²) in [7, 11) is -3.46. The lowest BCUT2D eigenvalue weighted by Crippen LogP contribution is -2.43. The molecule has 0 bridgehead atoms. The van der Waals surface area contributed by atoms with Crippen molar-refractivity contribution in [3.8, 4) is 0 Å². The molecule has 1 fully saturated rings. The molecule has 1 saturated heterocycles. The normalized spacial score (nSPS) is 22.2. The van der Waals surface area contributed by atoms with E-state index in [4.69, 9.17) is 0 Å². The van der Waals surface area contributed by atoms with E-state index in [1.807, 2.05) is 0 Å². The van der Waals surface area contributed by atoms with Gasteiger partial charge in [0.2, 0.25) is 15.9 Å². The van der Waals surface area contributed by atoms with Gasteiger partial charge in [-0.1, -0.05) is 13.3 Å². The number of hydrogen-bond acceptors (Lipinski definition) is 3. The summed E-state index contributed by atoms with van der Waals surface area (Å²) in [5.74, 6) is 0.00800. The molecule has 1 atom stereocenters. The fourth-order valence-corrected chi connectivity index (χ4v) is 5.71. The van der Waals surface area contributed by atoms with Crippen molar-refractivity contribution >= 4 is 21.6 Å². The van der Waals surface area contributed by atoms with E-state index in [1.54, 1.807) is 34.3 Å². The van der Waals surface area contributed by atoms with Gasteiger partial charge in [-0.2, -0.15) is 4.31 Å². The van der Waals surface area contributed by atoms with Gasteiger partial charge in [-0.05, 0) is 55.9 Å². The minimum atomic E-state index is -3.46. The zero-order chi connectivity index (χ0) is 17.3. The van der Waals surface area contributed by atoms with Gasteiger partial charge in [0.1, 0.15) is 0 Å². The fourth-order valence-electron chi connectivity index (χ4n) is 3.89. The Labute approximate surface area is 144 Å². The number of rotatable bonds is 3. The zero-order valence-corrected chi connectivity index (χ0v) is 15.3. The van der Waals surface area contributed by atoms with Crippen molar-refractivity contribution in [1.29, 1.82) is 0 Å². The lowest BCUT2D eigenvalue weighted by molar-refractivity contribution is -0.116. The smallest absolute Gasteiger partial charge is 0.243 e. The van der Waals surface area contributed by atoms with Gasteiger partial charge in [0.15, 0.2) is 0 Å². The van der Waals surface area contributed by atoms with Gasteiger partial charge in [0.25, 0.3) is 0 Å². The van der Waals surface area contributed by atoms with Crippen LogP contribution in [0.15, 0.2) is 23.1 Å². The lowest BCUT2D eigenvalue weighted by atomic mass is 10.0. The molecule has 3 rings (SSSR count). The second kappa shape index (κ2) is 6.84. The van der Waals surface area contributed by atoms with Crippen molar-refractivity contribution in [2.45, 2.75) is 63.3 Å². The maximum atomic E-state index is 13.1. The van der Waals surface area contributed by atoms with Gasteiger partial charge in [-0.15, -0.1) is 0 Å². The maximum Gasteiger partial charge on any atom is 0.243 e. The van der Waals surface area contributed by atoms with E-state index < -0.39 is 10.0 Å². The van der Waals surface area contributed by atoms with Crippen LogP contribution in [0.25, 0.3) is 0 Å². The van der Waals surface area contributed by atoms with Crippen LogP contribution in [-0.4, -0.2) is 37.8 Å². The van der Waals surface area contributed by atoms with E-state index in [2.05, 4.69) is 6.92 Å². The zero-order valence-electron chi connectivity index (χ0n) is 14.5. The molecule has 0 radical (unpaired) electrons. The Morgan fingerprint density at radius 2 is 2.00 bits per heavy atom. The number of nitrogens with zero attached hydrogens (tertiary/aromatic N) is 2. The molecule has 0 unspecified atom stereocenters.